The maximum atomic E-state index is 11.7. The molecule has 0 heterocycles. The van der Waals surface area contributed by atoms with Crippen LogP contribution in [0.2, 0.25) is 0 Å². The fraction of sp³-hybridized carbons (Fsp3) is 0.500. The van der Waals surface area contributed by atoms with E-state index in [4.69, 9.17) is 4.74 Å². The number of carbonyl (C=O) groups excluding carboxylic acids is 1. The van der Waals surface area contributed by atoms with Gasteiger partial charge >= 0.3 is 0 Å². The Morgan fingerprint density at radius 1 is 1.29 bits per heavy atom. The minimum Gasteiger partial charge on any atom is -0.383 e. The van der Waals surface area contributed by atoms with Crippen molar-refractivity contribution >= 4 is 5.91 Å². The van der Waals surface area contributed by atoms with E-state index in [9.17, 15) is 4.79 Å². The molecule has 0 radical (unpaired) electrons. The van der Waals surface area contributed by atoms with Gasteiger partial charge in [0.25, 0.3) is 5.91 Å². The first-order valence-electron chi connectivity index (χ1n) is 5.99. The highest BCUT2D eigenvalue weighted by Gasteiger charge is 2.04. The Balaban J connectivity index is 2.52. The number of hydrogen-bond acceptors (Lipinski definition) is 2. The Morgan fingerprint density at radius 3 is 2.47 bits per heavy atom. The number of carbonyl (C=O) groups is 1. The maximum Gasteiger partial charge on any atom is 0.251 e. The SMILES string of the molecule is COCCNC(=O)c1ccc(CC(C)C)cc1. The van der Waals surface area contributed by atoms with Gasteiger partial charge in [-0.15, -0.1) is 0 Å². The van der Waals surface area contributed by atoms with Gasteiger partial charge in [0.2, 0.25) is 0 Å². The van der Waals surface area contributed by atoms with E-state index in [1.54, 1.807) is 7.11 Å². The van der Waals surface area contributed by atoms with Crippen LogP contribution in [0, 0.1) is 5.92 Å². The first-order valence-corrected chi connectivity index (χ1v) is 5.99. The van der Waals surface area contributed by atoms with E-state index in [1.807, 2.05) is 24.3 Å². The molecule has 1 rings (SSSR count). The summed E-state index contributed by atoms with van der Waals surface area (Å²) in [5.41, 5.74) is 1.97. The molecular weight excluding hydrogens is 214 g/mol. The van der Waals surface area contributed by atoms with Crippen molar-refractivity contribution in [1.82, 2.24) is 5.32 Å². The summed E-state index contributed by atoms with van der Waals surface area (Å²) >= 11 is 0. The number of amides is 1. The smallest absolute Gasteiger partial charge is 0.251 e. The van der Waals surface area contributed by atoms with Crippen LogP contribution < -0.4 is 5.32 Å². The van der Waals surface area contributed by atoms with E-state index in [2.05, 4.69) is 19.2 Å². The topological polar surface area (TPSA) is 38.3 Å². The van der Waals surface area contributed by atoms with E-state index >= 15 is 0 Å². The molecule has 3 heteroatoms. The summed E-state index contributed by atoms with van der Waals surface area (Å²) in [4.78, 5) is 11.7. The Morgan fingerprint density at radius 2 is 1.94 bits per heavy atom. The zero-order chi connectivity index (χ0) is 12.7. The lowest BCUT2D eigenvalue weighted by atomic mass is 10.0. The van der Waals surface area contributed by atoms with Crippen molar-refractivity contribution in [2.24, 2.45) is 5.92 Å². The molecule has 0 saturated carbocycles. The standard InChI is InChI=1S/C14H21NO2/c1-11(2)10-12-4-6-13(7-5-12)14(16)15-8-9-17-3/h4-7,11H,8-10H2,1-3H3,(H,15,16). The summed E-state index contributed by atoms with van der Waals surface area (Å²) in [5, 5.41) is 2.80. The van der Waals surface area contributed by atoms with Crippen molar-refractivity contribution in [2.45, 2.75) is 20.3 Å². The number of methoxy groups -OCH3 is 1. The molecule has 0 unspecified atom stereocenters. The Kier molecular flexibility index (Phi) is 5.70. The lowest BCUT2D eigenvalue weighted by Gasteiger charge is -2.07. The van der Waals surface area contributed by atoms with Gasteiger partial charge < -0.3 is 10.1 Å². The third-order valence-electron chi connectivity index (χ3n) is 2.45. The van der Waals surface area contributed by atoms with E-state index in [0.29, 0.717) is 24.6 Å². The average Bonchev–Trinajstić information content (AvgIpc) is 2.29. The second-order valence-corrected chi connectivity index (χ2v) is 4.54. The molecule has 0 fully saturated rings. The van der Waals surface area contributed by atoms with Gasteiger partial charge in [0.1, 0.15) is 0 Å². The monoisotopic (exact) mass is 235 g/mol. The number of hydrogen-bond donors (Lipinski definition) is 1. The van der Waals surface area contributed by atoms with Crippen LogP contribution in [0.15, 0.2) is 24.3 Å². The van der Waals surface area contributed by atoms with Crippen molar-refractivity contribution < 1.29 is 9.53 Å². The molecule has 0 aromatic heterocycles. The van der Waals surface area contributed by atoms with Crippen molar-refractivity contribution in [2.75, 3.05) is 20.3 Å². The molecule has 0 spiro atoms. The molecule has 1 N–H and O–H groups in total. The van der Waals surface area contributed by atoms with E-state index < -0.39 is 0 Å². The predicted molar refractivity (Wildman–Crippen MR) is 69.2 cm³/mol. The third-order valence-corrected chi connectivity index (χ3v) is 2.45. The van der Waals surface area contributed by atoms with Gasteiger partial charge in [-0.2, -0.15) is 0 Å². The lowest BCUT2D eigenvalue weighted by molar-refractivity contribution is 0.0937. The van der Waals surface area contributed by atoms with Crippen LogP contribution in [-0.2, 0) is 11.2 Å². The molecule has 0 atom stereocenters. The number of rotatable bonds is 6. The van der Waals surface area contributed by atoms with Crippen LogP contribution in [0.4, 0.5) is 0 Å². The van der Waals surface area contributed by atoms with Crippen molar-refractivity contribution in [3.8, 4) is 0 Å². The van der Waals surface area contributed by atoms with Crippen LogP contribution in [0.25, 0.3) is 0 Å². The molecule has 0 aliphatic carbocycles. The second-order valence-electron chi connectivity index (χ2n) is 4.54. The van der Waals surface area contributed by atoms with Gasteiger partial charge in [-0.25, -0.2) is 0 Å². The number of benzene rings is 1. The zero-order valence-corrected chi connectivity index (χ0v) is 10.8. The summed E-state index contributed by atoms with van der Waals surface area (Å²) in [5.74, 6) is 0.592. The zero-order valence-electron chi connectivity index (χ0n) is 10.8. The molecule has 1 aromatic carbocycles. The summed E-state index contributed by atoms with van der Waals surface area (Å²) in [6.07, 6.45) is 1.05. The largest absolute Gasteiger partial charge is 0.383 e. The van der Waals surface area contributed by atoms with Gasteiger partial charge in [0.05, 0.1) is 6.61 Å². The highest BCUT2D eigenvalue weighted by atomic mass is 16.5. The van der Waals surface area contributed by atoms with E-state index in [1.165, 1.54) is 5.56 Å². The molecule has 3 nitrogen and oxygen atoms in total. The highest BCUT2D eigenvalue weighted by Crippen LogP contribution is 2.09. The predicted octanol–water partition coefficient (Wildman–Crippen LogP) is 2.26. The number of nitrogens with one attached hydrogen (secondary N) is 1. The van der Waals surface area contributed by atoms with Crippen molar-refractivity contribution in [3.05, 3.63) is 35.4 Å². The van der Waals surface area contributed by atoms with Crippen LogP contribution in [0.1, 0.15) is 29.8 Å². The summed E-state index contributed by atoms with van der Waals surface area (Å²) < 4.78 is 4.88. The minimum absolute atomic E-state index is 0.0434. The van der Waals surface area contributed by atoms with Crippen LogP contribution in [0.3, 0.4) is 0 Å². The van der Waals surface area contributed by atoms with Gasteiger partial charge in [0.15, 0.2) is 0 Å². The normalized spacial score (nSPS) is 10.6. The molecule has 0 aliphatic heterocycles. The van der Waals surface area contributed by atoms with E-state index in [-0.39, 0.29) is 5.91 Å². The van der Waals surface area contributed by atoms with E-state index in [0.717, 1.165) is 6.42 Å². The Labute approximate surface area is 103 Å². The van der Waals surface area contributed by atoms with Gasteiger partial charge in [-0.1, -0.05) is 26.0 Å². The first kappa shape index (κ1) is 13.7. The first-order chi connectivity index (χ1) is 8.13. The van der Waals surface area contributed by atoms with Gasteiger partial charge in [0, 0.05) is 19.2 Å². The fourth-order valence-electron chi connectivity index (χ4n) is 1.63. The maximum absolute atomic E-state index is 11.7. The quantitative estimate of drug-likeness (QED) is 0.768. The van der Waals surface area contributed by atoms with Crippen LogP contribution >= 0.6 is 0 Å². The molecule has 0 bridgehead atoms. The minimum atomic E-state index is -0.0434. The average molecular weight is 235 g/mol. The summed E-state index contributed by atoms with van der Waals surface area (Å²) in [7, 11) is 1.62. The van der Waals surface area contributed by atoms with Crippen LogP contribution in [0.5, 0.6) is 0 Å². The second kappa shape index (κ2) is 7.07. The Hall–Kier alpha value is -1.35. The summed E-state index contributed by atoms with van der Waals surface area (Å²) in [6.45, 7) is 5.46. The molecule has 0 aliphatic rings. The molecule has 0 saturated heterocycles. The third kappa shape index (κ3) is 5.00. The molecule has 1 aromatic rings. The molecule has 94 valence electrons. The van der Waals surface area contributed by atoms with Gasteiger partial charge in [-0.3, -0.25) is 4.79 Å². The Bertz CT molecular complexity index is 344. The van der Waals surface area contributed by atoms with Crippen LogP contribution in [-0.4, -0.2) is 26.2 Å². The fourth-order valence-corrected chi connectivity index (χ4v) is 1.63. The molecule has 17 heavy (non-hydrogen) atoms. The lowest BCUT2D eigenvalue weighted by Crippen LogP contribution is -2.26. The summed E-state index contributed by atoms with van der Waals surface area (Å²) in [6, 6.07) is 7.79. The molecular formula is C14H21NO2. The molecule has 1 amide bonds. The highest BCUT2D eigenvalue weighted by molar-refractivity contribution is 5.94. The van der Waals surface area contributed by atoms with Crippen molar-refractivity contribution in [3.63, 3.8) is 0 Å². The van der Waals surface area contributed by atoms with Crippen molar-refractivity contribution in [1.29, 1.82) is 0 Å². The van der Waals surface area contributed by atoms with Gasteiger partial charge in [-0.05, 0) is 30.0 Å². The number of ether oxygens (including phenoxy) is 1.